The minimum atomic E-state index is 0. The first kappa shape index (κ1) is 15.8. The Labute approximate surface area is 120 Å². The van der Waals surface area contributed by atoms with Gasteiger partial charge in [0, 0.05) is 31.8 Å². The van der Waals surface area contributed by atoms with E-state index in [1.54, 1.807) is 7.11 Å². The number of carbonyl (C=O) groups excluding carboxylic acids is 1. The summed E-state index contributed by atoms with van der Waals surface area (Å²) in [6.07, 6.45) is 1.50. The summed E-state index contributed by atoms with van der Waals surface area (Å²) in [4.78, 5) is 14.0. The Balaban J connectivity index is 0.00000180. The molecular weight excluding hydrogens is 264 g/mol. The molecule has 1 atom stereocenters. The molecule has 0 radical (unpaired) electrons. The first-order chi connectivity index (χ1) is 8.69. The Morgan fingerprint density at radius 2 is 2.11 bits per heavy atom. The van der Waals surface area contributed by atoms with Crippen molar-refractivity contribution in [2.24, 2.45) is 5.92 Å². The number of ether oxygens (including phenoxy) is 1. The number of nitrogens with zero attached hydrogens (tertiary/aromatic N) is 1. The number of methoxy groups -OCH3 is 1. The molecule has 0 saturated carbocycles. The second kappa shape index (κ2) is 7.36. The number of likely N-dealkylation sites (tertiary alicyclic amines) is 1. The van der Waals surface area contributed by atoms with Crippen LogP contribution in [0.15, 0.2) is 24.3 Å². The number of rotatable bonds is 4. The SMILES string of the molecule is COCC1CCN(C(=O)Cc2ccc(N)cc2)C1.Cl. The number of carbonyl (C=O) groups is 1. The molecule has 0 aliphatic carbocycles. The Kier molecular flexibility index (Phi) is 6.12. The number of nitrogen functional groups attached to an aromatic ring is 1. The van der Waals surface area contributed by atoms with Gasteiger partial charge in [-0.1, -0.05) is 12.1 Å². The molecule has 1 amide bonds. The number of nitrogens with two attached hydrogens (primary N) is 1. The van der Waals surface area contributed by atoms with Crippen LogP contribution in [0.25, 0.3) is 0 Å². The van der Waals surface area contributed by atoms with Crippen molar-refractivity contribution in [3.63, 3.8) is 0 Å². The first-order valence-corrected chi connectivity index (χ1v) is 6.30. The zero-order valence-corrected chi connectivity index (χ0v) is 12.0. The second-order valence-electron chi connectivity index (χ2n) is 4.87. The van der Waals surface area contributed by atoms with Gasteiger partial charge in [-0.15, -0.1) is 12.4 Å². The molecule has 1 fully saturated rings. The molecule has 2 N–H and O–H groups in total. The van der Waals surface area contributed by atoms with Crippen LogP contribution in [-0.2, 0) is 16.0 Å². The lowest BCUT2D eigenvalue weighted by atomic mass is 10.1. The molecule has 1 aliphatic rings. The van der Waals surface area contributed by atoms with Crippen LogP contribution in [0.2, 0.25) is 0 Å². The maximum Gasteiger partial charge on any atom is 0.227 e. The van der Waals surface area contributed by atoms with E-state index in [1.165, 1.54) is 0 Å². The predicted molar refractivity (Wildman–Crippen MR) is 78.4 cm³/mol. The van der Waals surface area contributed by atoms with Crippen molar-refractivity contribution in [1.82, 2.24) is 4.90 Å². The van der Waals surface area contributed by atoms with E-state index in [0.29, 0.717) is 12.3 Å². The van der Waals surface area contributed by atoms with Gasteiger partial charge >= 0.3 is 0 Å². The number of hydrogen-bond donors (Lipinski definition) is 1. The largest absolute Gasteiger partial charge is 0.399 e. The third-order valence-corrected chi connectivity index (χ3v) is 3.38. The minimum Gasteiger partial charge on any atom is -0.399 e. The maximum atomic E-state index is 12.1. The Morgan fingerprint density at radius 3 is 2.74 bits per heavy atom. The monoisotopic (exact) mass is 284 g/mol. The van der Waals surface area contributed by atoms with Gasteiger partial charge in [0.15, 0.2) is 0 Å². The molecular formula is C14H21ClN2O2. The van der Waals surface area contributed by atoms with Crippen molar-refractivity contribution in [2.45, 2.75) is 12.8 Å². The summed E-state index contributed by atoms with van der Waals surface area (Å²) in [5.41, 5.74) is 7.37. The van der Waals surface area contributed by atoms with E-state index in [9.17, 15) is 4.79 Å². The van der Waals surface area contributed by atoms with Crippen LogP contribution < -0.4 is 5.73 Å². The van der Waals surface area contributed by atoms with Gasteiger partial charge in [-0.05, 0) is 24.1 Å². The lowest BCUT2D eigenvalue weighted by Gasteiger charge is -2.16. The summed E-state index contributed by atoms with van der Waals surface area (Å²) in [6, 6.07) is 7.49. The summed E-state index contributed by atoms with van der Waals surface area (Å²) >= 11 is 0. The van der Waals surface area contributed by atoms with Crippen LogP contribution in [0.5, 0.6) is 0 Å². The van der Waals surface area contributed by atoms with Gasteiger partial charge < -0.3 is 15.4 Å². The number of anilines is 1. The van der Waals surface area contributed by atoms with Gasteiger partial charge in [-0.25, -0.2) is 0 Å². The standard InChI is InChI=1S/C14H20N2O2.ClH/c1-18-10-12-6-7-16(9-12)14(17)8-11-2-4-13(15)5-3-11;/h2-5,12H,6-10,15H2,1H3;1H. The lowest BCUT2D eigenvalue weighted by Crippen LogP contribution is -2.30. The highest BCUT2D eigenvalue weighted by atomic mass is 35.5. The van der Waals surface area contributed by atoms with Crippen LogP contribution in [0.4, 0.5) is 5.69 Å². The van der Waals surface area contributed by atoms with Crippen molar-refractivity contribution < 1.29 is 9.53 Å². The number of amides is 1. The molecule has 1 aromatic carbocycles. The van der Waals surface area contributed by atoms with Gasteiger partial charge in [0.2, 0.25) is 5.91 Å². The summed E-state index contributed by atoms with van der Waals surface area (Å²) < 4.78 is 5.13. The average molecular weight is 285 g/mol. The van der Waals surface area contributed by atoms with Gasteiger partial charge in [0.1, 0.15) is 0 Å². The summed E-state index contributed by atoms with van der Waals surface area (Å²) in [6.45, 7) is 2.41. The number of halogens is 1. The van der Waals surface area contributed by atoms with Crippen LogP contribution >= 0.6 is 12.4 Å². The summed E-state index contributed by atoms with van der Waals surface area (Å²) in [7, 11) is 1.71. The highest BCUT2D eigenvalue weighted by Gasteiger charge is 2.25. The molecule has 19 heavy (non-hydrogen) atoms. The molecule has 106 valence electrons. The molecule has 2 rings (SSSR count). The van der Waals surface area contributed by atoms with E-state index >= 15 is 0 Å². The molecule has 1 aliphatic heterocycles. The Morgan fingerprint density at radius 1 is 1.42 bits per heavy atom. The third-order valence-electron chi connectivity index (χ3n) is 3.38. The van der Waals surface area contributed by atoms with Crippen molar-refractivity contribution in [2.75, 3.05) is 32.5 Å². The normalized spacial score (nSPS) is 18.2. The fourth-order valence-electron chi connectivity index (χ4n) is 2.35. The fourth-order valence-corrected chi connectivity index (χ4v) is 2.35. The van der Waals surface area contributed by atoms with Crippen molar-refractivity contribution in [1.29, 1.82) is 0 Å². The van der Waals surface area contributed by atoms with E-state index in [4.69, 9.17) is 10.5 Å². The van der Waals surface area contributed by atoms with E-state index in [-0.39, 0.29) is 18.3 Å². The maximum absolute atomic E-state index is 12.1. The smallest absolute Gasteiger partial charge is 0.227 e. The van der Waals surface area contributed by atoms with E-state index in [0.717, 1.165) is 37.4 Å². The van der Waals surface area contributed by atoms with Crippen LogP contribution in [0, 0.1) is 5.92 Å². The fraction of sp³-hybridized carbons (Fsp3) is 0.500. The predicted octanol–water partition coefficient (Wildman–Crippen LogP) is 1.73. The summed E-state index contributed by atoms with van der Waals surface area (Å²) in [5.74, 6) is 0.684. The van der Waals surface area contributed by atoms with E-state index in [1.807, 2.05) is 29.2 Å². The minimum absolute atomic E-state index is 0. The van der Waals surface area contributed by atoms with E-state index < -0.39 is 0 Å². The highest BCUT2D eigenvalue weighted by molar-refractivity contribution is 5.85. The number of benzene rings is 1. The van der Waals surface area contributed by atoms with E-state index in [2.05, 4.69) is 0 Å². The quantitative estimate of drug-likeness (QED) is 0.857. The molecule has 1 unspecified atom stereocenters. The first-order valence-electron chi connectivity index (χ1n) is 6.30. The molecule has 0 bridgehead atoms. The molecule has 5 heteroatoms. The third kappa shape index (κ3) is 4.40. The molecule has 1 heterocycles. The molecule has 0 aromatic heterocycles. The summed E-state index contributed by atoms with van der Waals surface area (Å²) in [5, 5.41) is 0. The molecule has 0 spiro atoms. The highest BCUT2D eigenvalue weighted by Crippen LogP contribution is 2.17. The lowest BCUT2D eigenvalue weighted by molar-refractivity contribution is -0.129. The van der Waals surface area contributed by atoms with Gasteiger partial charge in [0.25, 0.3) is 0 Å². The molecule has 1 saturated heterocycles. The Hall–Kier alpha value is -1.26. The Bertz CT molecular complexity index is 408. The molecule has 1 aromatic rings. The zero-order valence-electron chi connectivity index (χ0n) is 11.2. The van der Waals surface area contributed by atoms with Crippen molar-refractivity contribution >= 4 is 24.0 Å². The topological polar surface area (TPSA) is 55.6 Å². The van der Waals surface area contributed by atoms with Crippen LogP contribution in [0.1, 0.15) is 12.0 Å². The van der Waals surface area contributed by atoms with Crippen LogP contribution in [0.3, 0.4) is 0 Å². The number of hydrogen-bond acceptors (Lipinski definition) is 3. The van der Waals surface area contributed by atoms with Crippen LogP contribution in [-0.4, -0.2) is 37.6 Å². The van der Waals surface area contributed by atoms with Gasteiger partial charge in [0.05, 0.1) is 13.0 Å². The second-order valence-corrected chi connectivity index (χ2v) is 4.87. The van der Waals surface area contributed by atoms with Crippen molar-refractivity contribution in [3.8, 4) is 0 Å². The van der Waals surface area contributed by atoms with Gasteiger partial charge in [-0.3, -0.25) is 4.79 Å². The van der Waals surface area contributed by atoms with Gasteiger partial charge in [-0.2, -0.15) is 0 Å². The molecule has 4 nitrogen and oxygen atoms in total. The zero-order chi connectivity index (χ0) is 13.0. The van der Waals surface area contributed by atoms with Crippen molar-refractivity contribution in [3.05, 3.63) is 29.8 Å². The average Bonchev–Trinajstić information content (AvgIpc) is 2.81.